The van der Waals surface area contributed by atoms with Crippen molar-refractivity contribution in [2.24, 2.45) is 0 Å². The summed E-state index contributed by atoms with van der Waals surface area (Å²) in [6.45, 7) is 0. The van der Waals surface area contributed by atoms with Gasteiger partial charge in [-0.25, -0.2) is 4.98 Å². The van der Waals surface area contributed by atoms with Gasteiger partial charge in [0.05, 0.1) is 17.7 Å². The molecule has 0 saturated carbocycles. The molecule has 2 aromatic heterocycles. The van der Waals surface area contributed by atoms with Gasteiger partial charge in [-0.1, -0.05) is 11.3 Å². The van der Waals surface area contributed by atoms with Crippen LogP contribution in [0.1, 0.15) is 4.88 Å². The standard InChI is InChI=1S/C17H13N3O4S2/c1-24-12-4-2-11(3-5-12)14-10-25-17(18-14)19-15(21)8-6-13-7-9-16(26-13)20(22)23/h2-10H,1H3,(H,18,19,21). The van der Waals surface area contributed by atoms with Gasteiger partial charge in [0.2, 0.25) is 5.91 Å². The first-order valence-corrected chi connectivity index (χ1v) is 9.08. The molecule has 0 bridgehead atoms. The minimum Gasteiger partial charge on any atom is -0.497 e. The average molecular weight is 387 g/mol. The summed E-state index contributed by atoms with van der Waals surface area (Å²) in [6, 6.07) is 10.5. The van der Waals surface area contributed by atoms with E-state index in [4.69, 9.17) is 4.74 Å². The van der Waals surface area contributed by atoms with E-state index < -0.39 is 4.92 Å². The molecule has 1 amide bonds. The Hall–Kier alpha value is -3.04. The highest BCUT2D eigenvalue weighted by Crippen LogP contribution is 2.27. The van der Waals surface area contributed by atoms with Crippen LogP contribution in [-0.4, -0.2) is 22.9 Å². The monoisotopic (exact) mass is 387 g/mol. The number of benzene rings is 1. The van der Waals surface area contributed by atoms with Crippen molar-refractivity contribution in [3.8, 4) is 17.0 Å². The first-order valence-electron chi connectivity index (χ1n) is 7.38. The van der Waals surface area contributed by atoms with E-state index in [1.54, 1.807) is 13.2 Å². The smallest absolute Gasteiger partial charge is 0.324 e. The van der Waals surface area contributed by atoms with Crippen LogP contribution in [0.3, 0.4) is 0 Å². The Kier molecular flexibility index (Phi) is 5.40. The van der Waals surface area contributed by atoms with E-state index in [0.29, 0.717) is 10.0 Å². The number of ether oxygens (including phenoxy) is 1. The fourth-order valence-corrected chi connectivity index (χ4v) is 3.51. The largest absolute Gasteiger partial charge is 0.497 e. The van der Waals surface area contributed by atoms with Crippen molar-refractivity contribution in [1.29, 1.82) is 0 Å². The third-order valence-electron chi connectivity index (χ3n) is 3.31. The van der Waals surface area contributed by atoms with Gasteiger partial charge in [0.15, 0.2) is 5.13 Å². The van der Waals surface area contributed by atoms with Gasteiger partial charge >= 0.3 is 5.00 Å². The molecule has 2 heterocycles. The number of anilines is 1. The molecule has 0 radical (unpaired) electrons. The molecule has 0 saturated heterocycles. The molecule has 1 aromatic carbocycles. The number of thiophene rings is 1. The normalized spacial score (nSPS) is 10.8. The number of rotatable bonds is 6. The van der Waals surface area contributed by atoms with E-state index >= 15 is 0 Å². The lowest BCUT2D eigenvalue weighted by molar-refractivity contribution is -0.380. The summed E-state index contributed by atoms with van der Waals surface area (Å²) in [5.74, 6) is 0.410. The number of hydrogen-bond donors (Lipinski definition) is 1. The fourth-order valence-electron chi connectivity index (χ4n) is 2.06. The van der Waals surface area contributed by atoms with Crippen molar-refractivity contribution in [2.45, 2.75) is 0 Å². The second-order valence-electron chi connectivity index (χ2n) is 5.02. The highest BCUT2D eigenvalue weighted by atomic mass is 32.1. The van der Waals surface area contributed by atoms with Gasteiger partial charge in [-0.05, 0) is 36.4 Å². The zero-order valence-corrected chi connectivity index (χ0v) is 15.2. The lowest BCUT2D eigenvalue weighted by Gasteiger charge is -2.00. The van der Waals surface area contributed by atoms with Crippen molar-refractivity contribution in [2.75, 3.05) is 12.4 Å². The molecule has 0 aliphatic carbocycles. The van der Waals surface area contributed by atoms with Crippen LogP contribution in [0.5, 0.6) is 5.75 Å². The Morgan fingerprint density at radius 1 is 1.27 bits per heavy atom. The minimum atomic E-state index is -0.460. The Bertz CT molecular complexity index is 961. The SMILES string of the molecule is COc1ccc(-c2csc(NC(=O)C=Cc3ccc([N+](=O)[O-])s3)n2)cc1. The summed E-state index contributed by atoms with van der Waals surface area (Å²) in [4.78, 5) is 27.2. The maximum Gasteiger partial charge on any atom is 0.324 e. The van der Waals surface area contributed by atoms with E-state index in [0.717, 1.165) is 28.3 Å². The molecule has 1 N–H and O–H groups in total. The number of thiazole rings is 1. The predicted molar refractivity (Wildman–Crippen MR) is 103 cm³/mol. The molecule has 3 rings (SSSR count). The molecule has 0 unspecified atom stereocenters. The van der Waals surface area contributed by atoms with Crippen LogP contribution in [0.15, 0.2) is 47.9 Å². The van der Waals surface area contributed by atoms with Gasteiger partial charge in [0.1, 0.15) is 5.75 Å². The zero-order chi connectivity index (χ0) is 18.5. The summed E-state index contributed by atoms with van der Waals surface area (Å²) < 4.78 is 5.12. The highest BCUT2D eigenvalue weighted by molar-refractivity contribution is 7.16. The van der Waals surface area contributed by atoms with E-state index in [1.165, 1.54) is 29.6 Å². The highest BCUT2D eigenvalue weighted by Gasteiger charge is 2.09. The third kappa shape index (κ3) is 4.32. The lowest BCUT2D eigenvalue weighted by atomic mass is 10.2. The van der Waals surface area contributed by atoms with Gasteiger partial charge in [-0.2, -0.15) is 0 Å². The number of nitrogens with zero attached hydrogens (tertiary/aromatic N) is 2. The average Bonchev–Trinajstić information content (AvgIpc) is 3.30. The summed E-state index contributed by atoms with van der Waals surface area (Å²) in [7, 11) is 1.60. The molecule has 26 heavy (non-hydrogen) atoms. The van der Waals surface area contributed by atoms with E-state index in [9.17, 15) is 14.9 Å². The quantitative estimate of drug-likeness (QED) is 0.383. The summed E-state index contributed by atoms with van der Waals surface area (Å²) >= 11 is 2.32. The molecule has 3 aromatic rings. The van der Waals surface area contributed by atoms with Crippen molar-refractivity contribution in [3.63, 3.8) is 0 Å². The van der Waals surface area contributed by atoms with Crippen LogP contribution < -0.4 is 10.1 Å². The second-order valence-corrected chi connectivity index (χ2v) is 6.97. The molecular formula is C17H13N3O4S2. The van der Waals surface area contributed by atoms with Crippen molar-refractivity contribution >= 4 is 44.8 Å². The van der Waals surface area contributed by atoms with Gasteiger partial charge in [0.25, 0.3) is 0 Å². The Morgan fingerprint density at radius 3 is 2.69 bits per heavy atom. The van der Waals surface area contributed by atoms with Crippen molar-refractivity contribution in [3.05, 3.63) is 62.8 Å². The first kappa shape index (κ1) is 17.8. The Labute approximate surface area is 156 Å². The number of nitrogens with one attached hydrogen (secondary N) is 1. The van der Waals surface area contributed by atoms with E-state index in [2.05, 4.69) is 10.3 Å². The number of hydrogen-bond acceptors (Lipinski definition) is 7. The molecule has 0 aliphatic rings. The molecule has 132 valence electrons. The number of carbonyl (C=O) groups excluding carboxylic acids is 1. The van der Waals surface area contributed by atoms with Gasteiger partial charge in [0, 0.05) is 28.0 Å². The summed E-state index contributed by atoms with van der Waals surface area (Å²) in [5.41, 5.74) is 1.68. The maximum atomic E-state index is 12.0. The fraction of sp³-hybridized carbons (Fsp3) is 0.0588. The zero-order valence-electron chi connectivity index (χ0n) is 13.5. The van der Waals surface area contributed by atoms with Crippen molar-refractivity contribution in [1.82, 2.24) is 4.98 Å². The van der Waals surface area contributed by atoms with E-state index in [-0.39, 0.29) is 10.9 Å². The van der Waals surface area contributed by atoms with Crippen molar-refractivity contribution < 1.29 is 14.5 Å². The molecule has 0 atom stereocenters. The van der Waals surface area contributed by atoms with Gasteiger partial charge in [-0.3, -0.25) is 20.2 Å². The molecule has 9 heteroatoms. The molecule has 0 aliphatic heterocycles. The minimum absolute atomic E-state index is 0.0362. The second kappa shape index (κ2) is 7.89. The number of aromatic nitrogens is 1. The molecular weight excluding hydrogens is 374 g/mol. The summed E-state index contributed by atoms with van der Waals surface area (Å²) in [5, 5.41) is 15.7. The number of methoxy groups -OCH3 is 1. The Morgan fingerprint density at radius 2 is 2.04 bits per heavy atom. The van der Waals surface area contributed by atoms with Crippen LogP contribution in [0.4, 0.5) is 10.1 Å². The molecule has 7 nitrogen and oxygen atoms in total. The van der Waals surface area contributed by atoms with Gasteiger partial charge < -0.3 is 4.74 Å². The molecule has 0 fully saturated rings. The Balaban J connectivity index is 1.63. The van der Waals surface area contributed by atoms with Crippen LogP contribution in [0.2, 0.25) is 0 Å². The van der Waals surface area contributed by atoms with E-state index in [1.807, 2.05) is 29.6 Å². The number of amides is 1. The van der Waals surface area contributed by atoms with Crippen LogP contribution in [-0.2, 0) is 4.79 Å². The van der Waals surface area contributed by atoms with Crippen LogP contribution >= 0.6 is 22.7 Å². The topological polar surface area (TPSA) is 94.4 Å². The first-order chi connectivity index (χ1) is 12.5. The van der Waals surface area contributed by atoms with Gasteiger partial charge in [-0.15, -0.1) is 11.3 Å². The van der Waals surface area contributed by atoms with Crippen LogP contribution in [0.25, 0.3) is 17.3 Å². The number of carbonyl (C=O) groups is 1. The summed E-state index contributed by atoms with van der Waals surface area (Å²) in [6.07, 6.45) is 2.86. The predicted octanol–water partition coefficient (Wildman–Crippen LogP) is 4.44. The maximum absolute atomic E-state index is 12.0. The molecule has 0 spiro atoms. The number of nitro groups is 1. The third-order valence-corrected chi connectivity index (χ3v) is 5.07. The van der Waals surface area contributed by atoms with Crippen LogP contribution in [0, 0.1) is 10.1 Å². The lowest BCUT2D eigenvalue weighted by Crippen LogP contribution is -2.07.